The molecular weight excluding hydrogens is 226 g/mol. The molecule has 0 amide bonds. The molecule has 0 aliphatic heterocycles. The summed E-state index contributed by atoms with van der Waals surface area (Å²) in [5, 5.41) is 12.6. The lowest BCUT2D eigenvalue weighted by molar-refractivity contribution is 0.216. The van der Waals surface area contributed by atoms with Gasteiger partial charge in [-0.2, -0.15) is 0 Å². The van der Waals surface area contributed by atoms with Gasteiger partial charge in [0.25, 0.3) is 0 Å². The fourth-order valence-electron chi connectivity index (χ4n) is 1.94. The molecule has 0 spiro atoms. The van der Waals surface area contributed by atoms with Gasteiger partial charge in [0.1, 0.15) is 5.75 Å². The molecule has 0 saturated carbocycles. The third kappa shape index (κ3) is 4.67. The number of aliphatic hydroxyl groups is 1. The van der Waals surface area contributed by atoms with Crippen LogP contribution in [0.4, 0.5) is 0 Å². The first-order valence-electron chi connectivity index (χ1n) is 6.62. The Hall–Kier alpha value is -1.06. The summed E-state index contributed by atoms with van der Waals surface area (Å²) in [6.07, 6.45) is 2.81. The van der Waals surface area contributed by atoms with Gasteiger partial charge in [0.05, 0.1) is 7.11 Å². The molecule has 1 atom stereocenters. The quantitative estimate of drug-likeness (QED) is 0.745. The molecular formula is C15H25NO2. The molecule has 0 heterocycles. The first-order valence-corrected chi connectivity index (χ1v) is 6.62. The van der Waals surface area contributed by atoms with Gasteiger partial charge in [0.2, 0.25) is 0 Å². The number of benzene rings is 1. The largest absolute Gasteiger partial charge is 0.497 e. The summed E-state index contributed by atoms with van der Waals surface area (Å²) in [5.74, 6) is 0.894. The fraction of sp³-hybridized carbons (Fsp3) is 0.600. The molecule has 1 rings (SSSR count). The average Bonchev–Trinajstić information content (AvgIpc) is 2.40. The van der Waals surface area contributed by atoms with Crippen LogP contribution in [0.5, 0.6) is 5.75 Å². The summed E-state index contributed by atoms with van der Waals surface area (Å²) < 4.78 is 5.13. The molecule has 3 nitrogen and oxygen atoms in total. The molecule has 3 heteroatoms. The summed E-state index contributed by atoms with van der Waals surface area (Å²) in [6, 6.07) is 8.16. The highest BCUT2D eigenvalue weighted by Gasteiger charge is 2.19. The highest BCUT2D eigenvalue weighted by atomic mass is 16.5. The maximum atomic E-state index is 9.05. The van der Waals surface area contributed by atoms with E-state index in [1.807, 2.05) is 12.1 Å². The standard InChI is InChI=1S/C15H25NO2/c1-4-15(2,10-12-17)16-11-9-13-5-7-14(18-3)8-6-13/h5-8,16-17H,4,9-12H2,1-3H3. The first-order chi connectivity index (χ1) is 8.63. The third-order valence-electron chi connectivity index (χ3n) is 3.57. The lowest BCUT2D eigenvalue weighted by Crippen LogP contribution is -2.43. The maximum absolute atomic E-state index is 9.05. The van der Waals surface area contributed by atoms with E-state index in [1.165, 1.54) is 5.56 Å². The molecule has 0 fully saturated rings. The minimum absolute atomic E-state index is 0.0429. The molecule has 2 N–H and O–H groups in total. The van der Waals surface area contributed by atoms with E-state index in [-0.39, 0.29) is 12.1 Å². The van der Waals surface area contributed by atoms with Crippen molar-refractivity contribution in [3.8, 4) is 5.75 Å². The Morgan fingerprint density at radius 3 is 2.44 bits per heavy atom. The van der Waals surface area contributed by atoms with Crippen molar-refractivity contribution >= 4 is 0 Å². The lowest BCUT2D eigenvalue weighted by Gasteiger charge is -2.29. The summed E-state index contributed by atoms with van der Waals surface area (Å²) in [4.78, 5) is 0. The number of aliphatic hydroxyl groups excluding tert-OH is 1. The topological polar surface area (TPSA) is 41.5 Å². The van der Waals surface area contributed by atoms with Gasteiger partial charge in [0, 0.05) is 12.1 Å². The van der Waals surface area contributed by atoms with Crippen LogP contribution in [0.1, 0.15) is 32.3 Å². The zero-order chi connectivity index (χ0) is 13.4. The molecule has 0 aliphatic carbocycles. The van der Waals surface area contributed by atoms with Crippen LogP contribution < -0.4 is 10.1 Å². The number of rotatable bonds is 8. The Balaban J connectivity index is 2.40. The molecule has 1 aromatic carbocycles. The van der Waals surface area contributed by atoms with E-state index in [9.17, 15) is 0 Å². The van der Waals surface area contributed by atoms with Gasteiger partial charge in [-0.15, -0.1) is 0 Å². The second kappa shape index (κ2) is 7.39. The smallest absolute Gasteiger partial charge is 0.118 e. The van der Waals surface area contributed by atoms with Crippen molar-refractivity contribution < 1.29 is 9.84 Å². The first kappa shape index (κ1) is 15.0. The number of nitrogens with one attached hydrogen (secondary N) is 1. The highest BCUT2D eigenvalue weighted by molar-refractivity contribution is 5.27. The number of methoxy groups -OCH3 is 1. The van der Waals surface area contributed by atoms with Gasteiger partial charge in [-0.1, -0.05) is 19.1 Å². The molecule has 102 valence electrons. The van der Waals surface area contributed by atoms with Crippen molar-refractivity contribution in [1.29, 1.82) is 0 Å². The van der Waals surface area contributed by atoms with Crippen molar-refractivity contribution in [2.75, 3.05) is 20.3 Å². The molecule has 0 bridgehead atoms. The Kier molecular flexibility index (Phi) is 6.16. The van der Waals surface area contributed by atoms with E-state index < -0.39 is 0 Å². The Bertz CT molecular complexity index is 337. The molecule has 0 aromatic heterocycles. The van der Waals surface area contributed by atoms with E-state index in [4.69, 9.17) is 9.84 Å². The second-order valence-corrected chi connectivity index (χ2v) is 4.91. The van der Waals surface area contributed by atoms with E-state index in [0.29, 0.717) is 0 Å². The number of hydrogen-bond donors (Lipinski definition) is 2. The monoisotopic (exact) mass is 251 g/mol. The average molecular weight is 251 g/mol. The Morgan fingerprint density at radius 1 is 1.28 bits per heavy atom. The van der Waals surface area contributed by atoms with Crippen molar-refractivity contribution in [3.63, 3.8) is 0 Å². The van der Waals surface area contributed by atoms with Gasteiger partial charge < -0.3 is 15.2 Å². The Morgan fingerprint density at radius 2 is 1.94 bits per heavy atom. The van der Waals surface area contributed by atoms with Gasteiger partial charge >= 0.3 is 0 Å². The molecule has 18 heavy (non-hydrogen) atoms. The second-order valence-electron chi connectivity index (χ2n) is 4.91. The summed E-state index contributed by atoms with van der Waals surface area (Å²) >= 11 is 0. The van der Waals surface area contributed by atoms with Crippen LogP contribution in [-0.4, -0.2) is 30.9 Å². The van der Waals surface area contributed by atoms with Crippen LogP contribution >= 0.6 is 0 Å². The van der Waals surface area contributed by atoms with Crippen LogP contribution in [0.2, 0.25) is 0 Å². The van der Waals surface area contributed by atoms with Gasteiger partial charge in [-0.25, -0.2) is 0 Å². The molecule has 1 aromatic rings. The summed E-state index contributed by atoms with van der Waals surface area (Å²) in [6.45, 7) is 5.48. The maximum Gasteiger partial charge on any atom is 0.118 e. The molecule has 0 radical (unpaired) electrons. The number of ether oxygens (including phenoxy) is 1. The number of hydrogen-bond acceptors (Lipinski definition) is 3. The van der Waals surface area contributed by atoms with E-state index in [1.54, 1.807) is 7.11 Å². The van der Waals surface area contributed by atoms with E-state index in [0.717, 1.165) is 31.6 Å². The van der Waals surface area contributed by atoms with Gasteiger partial charge in [-0.3, -0.25) is 0 Å². The van der Waals surface area contributed by atoms with Crippen LogP contribution in [-0.2, 0) is 6.42 Å². The fourth-order valence-corrected chi connectivity index (χ4v) is 1.94. The predicted octanol–water partition coefficient (Wildman–Crippen LogP) is 2.38. The molecule has 0 aliphatic rings. The van der Waals surface area contributed by atoms with Gasteiger partial charge in [-0.05, 0) is 50.4 Å². The zero-order valence-electron chi connectivity index (χ0n) is 11.7. The van der Waals surface area contributed by atoms with Crippen molar-refractivity contribution in [1.82, 2.24) is 5.32 Å². The van der Waals surface area contributed by atoms with Crippen molar-refractivity contribution in [3.05, 3.63) is 29.8 Å². The minimum Gasteiger partial charge on any atom is -0.497 e. The predicted molar refractivity (Wildman–Crippen MR) is 75.1 cm³/mol. The third-order valence-corrected chi connectivity index (χ3v) is 3.57. The lowest BCUT2D eigenvalue weighted by atomic mass is 9.94. The zero-order valence-corrected chi connectivity index (χ0v) is 11.7. The van der Waals surface area contributed by atoms with Gasteiger partial charge in [0.15, 0.2) is 0 Å². The van der Waals surface area contributed by atoms with E-state index >= 15 is 0 Å². The Labute approximate surface area is 110 Å². The highest BCUT2D eigenvalue weighted by Crippen LogP contribution is 2.15. The van der Waals surface area contributed by atoms with Crippen LogP contribution in [0.15, 0.2) is 24.3 Å². The van der Waals surface area contributed by atoms with Crippen molar-refractivity contribution in [2.45, 2.75) is 38.6 Å². The van der Waals surface area contributed by atoms with E-state index in [2.05, 4.69) is 31.3 Å². The summed E-state index contributed by atoms with van der Waals surface area (Å²) in [5.41, 5.74) is 1.34. The van der Waals surface area contributed by atoms with Crippen molar-refractivity contribution in [2.24, 2.45) is 0 Å². The van der Waals surface area contributed by atoms with Crippen LogP contribution in [0.25, 0.3) is 0 Å². The minimum atomic E-state index is 0.0429. The SMILES string of the molecule is CCC(C)(CCO)NCCc1ccc(OC)cc1. The normalized spacial score (nSPS) is 14.2. The van der Waals surface area contributed by atoms with Crippen LogP contribution in [0.3, 0.4) is 0 Å². The van der Waals surface area contributed by atoms with Crippen LogP contribution in [0, 0.1) is 0 Å². The molecule has 1 unspecified atom stereocenters. The molecule has 0 saturated heterocycles. The summed E-state index contributed by atoms with van der Waals surface area (Å²) in [7, 11) is 1.68.